The zero-order valence-electron chi connectivity index (χ0n) is 6.77. The first-order valence-electron chi connectivity index (χ1n) is 3.86. The van der Waals surface area contributed by atoms with Crippen LogP contribution in [0.4, 0.5) is 0 Å². The Morgan fingerprint density at radius 3 is 2.75 bits per heavy atom. The van der Waals surface area contributed by atoms with Gasteiger partial charge in [0.15, 0.2) is 0 Å². The van der Waals surface area contributed by atoms with Crippen molar-refractivity contribution in [2.45, 2.75) is 12.5 Å². The molecular formula is C9H13NO2. The average Bonchev–Trinajstić information content (AvgIpc) is 2.04. The Kier molecular flexibility index (Phi) is 3.08. The summed E-state index contributed by atoms with van der Waals surface area (Å²) in [6.45, 7) is -0.0321. The monoisotopic (exact) mass is 167 g/mol. The second-order valence-electron chi connectivity index (χ2n) is 2.82. The van der Waals surface area contributed by atoms with Crippen molar-refractivity contribution in [3.8, 4) is 5.75 Å². The Hall–Kier alpha value is -1.06. The molecule has 12 heavy (non-hydrogen) atoms. The van der Waals surface area contributed by atoms with Gasteiger partial charge in [0.05, 0.1) is 6.61 Å². The van der Waals surface area contributed by atoms with Crippen LogP contribution in [-0.2, 0) is 6.42 Å². The molecule has 0 aliphatic heterocycles. The van der Waals surface area contributed by atoms with Gasteiger partial charge in [-0.25, -0.2) is 0 Å². The summed E-state index contributed by atoms with van der Waals surface area (Å²) in [5.74, 6) is 0.234. The zero-order valence-corrected chi connectivity index (χ0v) is 6.77. The fraction of sp³-hybridized carbons (Fsp3) is 0.333. The van der Waals surface area contributed by atoms with E-state index >= 15 is 0 Å². The van der Waals surface area contributed by atoms with Crippen molar-refractivity contribution in [2.24, 2.45) is 5.73 Å². The molecule has 0 aromatic heterocycles. The summed E-state index contributed by atoms with van der Waals surface area (Å²) >= 11 is 0. The first-order valence-corrected chi connectivity index (χ1v) is 3.86. The largest absolute Gasteiger partial charge is 0.508 e. The van der Waals surface area contributed by atoms with E-state index in [1.807, 2.05) is 6.07 Å². The van der Waals surface area contributed by atoms with Gasteiger partial charge < -0.3 is 15.9 Å². The number of phenols is 1. The van der Waals surface area contributed by atoms with Gasteiger partial charge in [0, 0.05) is 6.04 Å². The Bertz CT molecular complexity index is 250. The van der Waals surface area contributed by atoms with Crippen LogP contribution in [0.2, 0.25) is 0 Å². The summed E-state index contributed by atoms with van der Waals surface area (Å²) in [5.41, 5.74) is 6.46. The fourth-order valence-corrected chi connectivity index (χ4v) is 1.05. The van der Waals surface area contributed by atoms with Crippen LogP contribution in [0.5, 0.6) is 5.75 Å². The van der Waals surface area contributed by atoms with Crippen LogP contribution in [-0.4, -0.2) is 22.9 Å². The van der Waals surface area contributed by atoms with Gasteiger partial charge in [0.2, 0.25) is 0 Å². The first kappa shape index (κ1) is 9.03. The van der Waals surface area contributed by atoms with Crippen molar-refractivity contribution in [3.63, 3.8) is 0 Å². The standard InChI is InChI=1S/C9H13NO2/c10-8(6-11)4-7-2-1-3-9(12)5-7/h1-3,5,8,11-12H,4,6,10H2. The lowest BCUT2D eigenvalue weighted by molar-refractivity contribution is 0.265. The van der Waals surface area contributed by atoms with Gasteiger partial charge >= 0.3 is 0 Å². The average molecular weight is 167 g/mol. The van der Waals surface area contributed by atoms with E-state index in [9.17, 15) is 0 Å². The van der Waals surface area contributed by atoms with E-state index in [1.165, 1.54) is 0 Å². The summed E-state index contributed by atoms with van der Waals surface area (Å²) in [4.78, 5) is 0. The molecule has 1 aromatic rings. The van der Waals surface area contributed by atoms with E-state index < -0.39 is 0 Å². The number of nitrogens with two attached hydrogens (primary N) is 1. The first-order chi connectivity index (χ1) is 5.72. The molecule has 1 atom stereocenters. The Morgan fingerprint density at radius 1 is 1.42 bits per heavy atom. The van der Waals surface area contributed by atoms with E-state index in [-0.39, 0.29) is 18.4 Å². The van der Waals surface area contributed by atoms with E-state index in [2.05, 4.69) is 0 Å². The fourth-order valence-electron chi connectivity index (χ4n) is 1.05. The lowest BCUT2D eigenvalue weighted by Crippen LogP contribution is -2.26. The SMILES string of the molecule is NC(CO)Cc1cccc(O)c1. The number of aliphatic hydroxyl groups excluding tert-OH is 1. The van der Waals surface area contributed by atoms with E-state index in [0.717, 1.165) is 5.56 Å². The molecule has 3 nitrogen and oxygen atoms in total. The Morgan fingerprint density at radius 2 is 2.17 bits per heavy atom. The number of phenolic OH excluding ortho intramolecular Hbond substituents is 1. The molecule has 3 heteroatoms. The molecule has 1 unspecified atom stereocenters. The lowest BCUT2D eigenvalue weighted by Gasteiger charge is -2.07. The van der Waals surface area contributed by atoms with Crippen LogP contribution in [0, 0.1) is 0 Å². The minimum atomic E-state index is -0.244. The number of hydrogen-bond acceptors (Lipinski definition) is 3. The molecule has 0 fully saturated rings. The smallest absolute Gasteiger partial charge is 0.115 e. The van der Waals surface area contributed by atoms with Crippen LogP contribution >= 0.6 is 0 Å². The van der Waals surface area contributed by atoms with Gasteiger partial charge in [-0.05, 0) is 24.1 Å². The second-order valence-corrected chi connectivity index (χ2v) is 2.82. The third-order valence-electron chi connectivity index (χ3n) is 1.64. The molecule has 0 saturated carbocycles. The maximum absolute atomic E-state index is 9.10. The summed E-state index contributed by atoms with van der Waals surface area (Å²) in [6, 6.07) is 6.64. The number of benzene rings is 1. The van der Waals surface area contributed by atoms with Gasteiger partial charge in [-0.15, -0.1) is 0 Å². The van der Waals surface area contributed by atoms with Gasteiger partial charge in [0.25, 0.3) is 0 Å². The van der Waals surface area contributed by atoms with Crippen molar-refractivity contribution < 1.29 is 10.2 Å². The molecule has 1 rings (SSSR count). The topological polar surface area (TPSA) is 66.5 Å². The second kappa shape index (κ2) is 4.09. The highest BCUT2D eigenvalue weighted by atomic mass is 16.3. The molecule has 0 bridgehead atoms. The molecular weight excluding hydrogens is 154 g/mol. The molecule has 66 valence electrons. The summed E-state index contributed by atoms with van der Waals surface area (Å²) in [6.07, 6.45) is 0.588. The van der Waals surface area contributed by atoms with Crippen LogP contribution in [0.3, 0.4) is 0 Å². The number of aliphatic hydroxyl groups is 1. The van der Waals surface area contributed by atoms with Gasteiger partial charge in [-0.3, -0.25) is 0 Å². The van der Waals surface area contributed by atoms with Crippen LogP contribution in [0.15, 0.2) is 24.3 Å². The van der Waals surface area contributed by atoms with Crippen LogP contribution in [0.1, 0.15) is 5.56 Å². The molecule has 4 N–H and O–H groups in total. The molecule has 0 radical (unpaired) electrons. The maximum Gasteiger partial charge on any atom is 0.115 e. The predicted molar refractivity (Wildman–Crippen MR) is 46.9 cm³/mol. The van der Waals surface area contributed by atoms with E-state index in [4.69, 9.17) is 15.9 Å². The Balaban J connectivity index is 2.63. The summed E-state index contributed by atoms with van der Waals surface area (Å²) < 4.78 is 0. The van der Waals surface area contributed by atoms with E-state index in [0.29, 0.717) is 6.42 Å². The normalized spacial score (nSPS) is 12.8. The van der Waals surface area contributed by atoms with Crippen molar-refractivity contribution in [1.82, 2.24) is 0 Å². The molecule has 1 aromatic carbocycles. The van der Waals surface area contributed by atoms with E-state index in [1.54, 1.807) is 18.2 Å². The minimum Gasteiger partial charge on any atom is -0.508 e. The highest BCUT2D eigenvalue weighted by Gasteiger charge is 2.01. The summed E-state index contributed by atoms with van der Waals surface area (Å²) in [5, 5.41) is 17.8. The Labute approximate surface area is 71.5 Å². The highest BCUT2D eigenvalue weighted by Crippen LogP contribution is 2.11. The van der Waals surface area contributed by atoms with Crippen LogP contribution < -0.4 is 5.73 Å². The number of rotatable bonds is 3. The molecule has 0 spiro atoms. The zero-order chi connectivity index (χ0) is 8.97. The highest BCUT2D eigenvalue weighted by molar-refractivity contribution is 5.27. The molecule has 0 heterocycles. The molecule has 0 amide bonds. The quantitative estimate of drug-likeness (QED) is 0.604. The minimum absolute atomic E-state index is 0.0321. The van der Waals surface area contributed by atoms with Crippen molar-refractivity contribution in [3.05, 3.63) is 29.8 Å². The third-order valence-corrected chi connectivity index (χ3v) is 1.64. The third kappa shape index (κ3) is 2.53. The van der Waals surface area contributed by atoms with Crippen molar-refractivity contribution >= 4 is 0 Å². The lowest BCUT2D eigenvalue weighted by atomic mass is 10.1. The molecule has 0 saturated heterocycles. The summed E-state index contributed by atoms with van der Waals surface area (Å²) in [7, 11) is 0. The van der Waals surface area contributed by atoms with Crippen molar-refractivity contribution in [1.29, 1.82) is 0 Å². The van der Waals surface area contributed by atoms with Crippen molar-refractivity contribution in [2.75, 3.05) is 6.61 Å². The number of hydrogen-bond donors (Lipinski definition) is 3. The molecule has 0 aliphatic carbocycles. The maximum atomic E-state index is 9.10. The van der Waals surface area contributed by atoms with Gasteiger partial charge in [-0.2, -0.15) is 0 Å². The number of aromatic hydroxyl groups is 1. The van der Waals surface area contributed by atoms with Gasteiger partial charge in [0.1, 0.15) is 5.75 Å². The molecule has 0 aliphatic rings. The predicted octanol–water partition coefficient (Wildman–Crippen LogP) is 0.254. The van der Waals surface area contributed by atoms with Crippen LogP contribution in [0.25, 0.3) is 0 Å². The van der Waals surface area contributed by atoms with Gasteiger partial charge in [-0.1, -0.05) is 12.1 Å².